The molecule has 100 valence electrons. The number of benzene rings is 1. The van der Waals surface area contributed by atoms with Crippen LogP contribution >= 0.6 is 0 Å². The van der Waals surface area contributed by atoms with Crippen molar-refractivity contribution in [2.75, 3.05) is 0 Å². The van der Waals surface area contributed by atoms with Gasteiger partial charge in [-0.25, -0.2) is 4.98 Å². The summed E-state index contributed by atoms with van der Waals surface area (Å²) in [6.07, 6.45) is 1.03. The summed E-state index contributed by atoms with van der Waals surface area (Å²) in [4.78, 5) is 4.89. The standard InChI is InChI=1S/C18H18N2/c1-11-8-13(3)20-17(9-11)19-16-10-12(2)14-6-4-5-7-15(14)18(16)20/h4-9,12H,10H2,1-3H3. The van der Waals surface area contributed by atoms with E-state index in [1.807, 2.05) is 0 Å². The van der Waals surface area contributed by atoms with Crippen molar-refractivity contribution in [1.82, 2.24) is 9.38 Å². The Balaban J connectivity index is 2.14. The average molecular weight is 262 g/mol. The maximum Gasteiger partial charge on any atom is 0.137 e. The van der Waals surface area contributed by atoms with Crippen molar-refractivity contribution in [2.24, 2.45) is 0 Å². The lowest BCUT2D eigenvalue weighted by Gasteiger charge is -2.22. The predicted octanol–water partition coefficient (Wildman–Crippen LogP) is 4.28. The van der Waals surface area contributed by atoms with E-state index < -0.39 is 0 Å². The zero-order chi connectivity index (χ0) is 13.9. The Kier molecular flexibility index (Phi) is 2.31. The molecule has 0 saturated heterocycles. The van der Waals surface area contributed by atoms with Crippen LogP contribution in [0.3, 0.4) is 0 Å². The van der Waals surface area contributed by atoms with Gasteiger partial charge in [0.15, 0.2) is 0 Å². The van der Waals surface area contributed by atoms with E-state index in [2.05, 4.69) is 61.6 Å². The highest BCUT2D eigenvalue weighted by Crippen LogP contribution is 2.39. The number of imidazole rings is 1. The Hall–Kier alpha value is -2.09. The number of nitrogens with zero attached hydrogens (tertiary/aromatic N) is 2. The number of hydrogen-bond donors (Lipinski definition) is 0. The fourth-order valence-electron chi connectivity index (χ4n) is 3.54. The first-order chi connectivity index (χ1) is 9.65. The van der Waals surface area contributed by atoms with Crippen LogP contribution in [0.1, 0.15) is 35.4 Å². The van der Waals surface area contributed by atoms with Gasteiger partial charge in [-0.2, -0.15) is 0 Å². The molecule has 0 bridgehead atoms. The van der Waals surface area contributed by atoms with Crippen molar-refractivity contribution >= 4 is 5.65 Å². The van der Waals surface area contributed by atoms with E-state index in [0.717, 1.165) is 12.1 Å². The van der Waals surface area contributed by atoms with Crippen molar-refractivity contribution < 1.29 is 0 Å². The van der Waals surface area contributed by atoms with Crippen LogP contribution in [-0.2, 0) is 6.42 Å². The van der Waals surface area contributed by atoms with Gasteiger partial charge in [0.25, 0.3) is 0 Å². The van der Waals surface area contributed by atoms with Gasteiger partial charge in [0.2, 0.25) is 0 Å². The molecule has 1 unspecified atom stereocenters. The lowest BCUT2D eigenvalue weighted by Crippen LogP contribution is -2.09. The minimum atomic E-state index is 0.546. The molecule has 0 amide bonds. The minimum Gasteiger partial charge on any atom is -0.297 e. The topological polar surface area (TPSA) is 17.3 Å². The van der Waals surface area contributed by atoms with Crippen molar-refractivity contribution in [3.05, 3.63) is 58.9 Å². The number of fused-ring (bicyclic) bond motifs is 5. The first-order valence-corrected chi connectivity index (χ1v) is 7.23. The highest BCUT2D eigenvalue weighted by molar-refractivity contribution is 5.74. The molecule has 1 aliphatic carbocycles. The normalized spacial score (nSPS) is 17.1. The maximum atomic E-state index is 4.89. The molecule has 2 heteroatoms. The summed E-state index contributed by atoms with van der Waals surface area (Å²) in [5.74, 6) is 0.546. The van der Waals surface area contributed by atoms with Gasteiger partial charge in [0.05, 0.1) is 11.4 Å². The number of hydrogen-bond acceptors (Lipinski definition) is 1. The molecule has 0 saturated carbocycles. The third-order valence-corrected chi connectivity index (χ3v) is 4.37. The quantitative estimate of drug-likeness (QED) is 0.591. The van der Waals surface area contributed by atoms with E-state index in [4.69, 9.17) is 4.98 Å². The number of aryl methyl sites for hydroxylation is 2. The molecule has 2 aromatic heterocycles. The van der Waals surface area contributed by atoms with Gasteiger partial charge in [-0.05, 0) is 49.4 Å². The molecule has 0 spiro atoms. The monoisotopic (exact) mass is 262 g/mol. The summed E-state index contributed by atoms with van der Waals surface area (Å²) in [6.45, 7) is 6.60. The molecule has 4 rings (SSSR count). The van der Waals surface area contributed by atoms with E-state index in [9.17, 15) is 0 Å². The number of aromatic nitrogens is 2. The zero-order valence-electron chi connectivity index (χ0n) is 12.1. The second-order valence-corrected chi connectivity index (χ2v) is 5.97. The fraction of sp³-hybridized carbons (Fsp3) is 0.278. The predicted molar refractivity (Wildman–Crippen MR) is 82.2 cm³/mol. The molecule has 1 atom stereocenters. The molecule has 0 radical (unpaired) electrons. The summed E-state index contributed by atoms with van der Waals surface area (Å²) in [7, 11) is 0. The Labute approximate surface area is 119 Å². The van der Waals surface area contributed by atoms with Gasteiger partial charge in [0, 0.05) is 11.3 Å². The van der Waals surface area contributed by atoms with Crippen molar-refractivity contribution in [1.29, 1.82) is 0 Å². The van der Waals surface area contributed by atoms with E-state index in [1.54, 1.807) is 0 Å². The Morgan fingerprint density at radius 3 is 2.80 bits per heavy atom. The summed E-state index contributed by atoms with van der Waals surface area (Å²) in [5.41, 5.74) is 8.95. The zero-order valence-corrected chi connectivity index (χ0v) is 12.1. The number of rotatable bonds is 0. The van der Waals surface area contributed by atoms with Crippen LogP contribution in [0.25, 0.3) is 16.9 Å². The van der Waals surface area contributed by atoms with E-state index in [1.165, 1.54) is 33.8 Å². The van der Waals surface area contributed by atoms with Gasteiger partial charge in [-0.1, -0.05) is 31.2 Å². The molecule has 1 aliphatic rings. The summed E-state index contributed by atoms with van der Waals surface area (Å²) >= 11 is 0. The van der Waals surface area contributed by atoms with Gasteiger partial charge in [-0.3, -0.25) is 4.40 Å². The molecule has 3 aromatic rings. The van der Waals surface area contributed by atoms with Crippen LogP contribution in [0.4, 0.5) is 0 Å². The molecule has 0 aliphatic heterocycles. The molecule has 20 heavy (non-hydrogen) atoms. The molecule has 0 N–H and O–H groups in total. The summed E-state index contributed by atoms with van der Waals surface area (Å²) in [5, 5.41) is 0. The van der Waals surface area contributed by atoms with Gasteiger partial charge in [0.1, 0.15) is 5.65 Å². The molecule has 0 fully saturated rings. The minimum absolute atomic E-state index is 0.546. The summed E-state index contributed by atoms with van der Waals surface area (Å²) in [6, 6.07) is 13.2. The van der Waals surface area contributed by atoms with Crippen LogP contribution in [-0.4, -0.2) is 9.38 Å². The maximum absolute atomic E-state index is 4.89. The molecule has 1 aromatic carbocycles. The van der Waals surface area contributed by atoms with Gasteiger partial charge in [-0.15, -0.1) is 0 Å². The Morgan fingerprint density at radius 1 is 1.15 bits per heavy atom. The number of pyridine rings is 1. The third-order valence-electron chi connectivity index (χ3n) is 4.37. The molecule has 2 nitrogen and oxygen atoms in total. The summed E-state index contributed by atoms with van der Waals surface area (Å²) < 4.78 is 2.31. The van der Waals surface area contributed by atoms with Crippen LogP contribution in [0.5, 0.6) is 0 Å². The first kappa shape index (κ1) is 11.7. The highest BCUT2D eigenvalue weighted by Gasteiger charge is 2.26. The second kappa shape index (κ2) is 3.95. The average Bonchev–Trinajstić information content (AvgIpc) is 2.77. The van der Waals surface area contributed by atoms with Crippen LogP contribution in [0.15, 0.2) is 36.4 Å². The lowest BCUT2D eigenvalue weighted by atomic mass is 9.84. The van der Waals surface area contributed by atoms with Gasteiger partial charge < -0.3 is 0 Å². The first-order valence-electron chi connectivity index (χ1n) is 7.23. The fourth-order valence-corrected chi connectivity index (χ4v) is 3.54. The smallest absolute Gasteiger partial charge is 0.137 e. The van der Waals surface area contributed by atoms with Crippen molar-refractivity contribution in [3.8, 4) is 11.3 Å². The Morgan fingerprint density at radius 2 is 1.95 bits per heavy atom. The molecular formula is C18H18N2. The Bertz CT molecular complexity index is 827. The van der Waals surface area contributed by atoms with Gasteiger partial charge >= 0.3 is 0 Å². The van der Waals surface area contributed by atoms with E-state index in [-0.39, 0.29) is 0 Å². The van der Waals surface area contributed by atoms with E-state index in [0.29, 0.717) is 5.92 Å². The van der Waals surface area contributed by atoms with Crippen LogP contribution < -0.4 is 0 Å². The van der Waals surface area contributed by atoms with Crippen LogP contribution in [0.2, 0.25) is 0 Å². The van der Waals surface area contributed by atoms with Crippen molar-refractivity contribution in [3.63, 3.8) is 0 Å². The highest BCUT2D eigenvalue weighted by atomic mass is 15.0. The van der Waals surface area contributed by atoms with Crippen molar-refractivity contribution in [2.45, 2.75) is 33.1 Å². The lowest BCUT2D eigenvalue weighted by molar-refractivity contribution is 0.733. The third kappa shape index (κ3) is 1.48. The van der Waals surface area contributed by atoms with E-state index >= 15 is 0 Å². The largest absolute Gasteiger partial charge is 0.297 e. The molecular weight excluding hydrogens is 244 g/mol. The second-order valence-electron chi connectivity index (χ2n) is 5.97. The molecule has 2 heterocycles. The SMILES string of the molecule is Cc1cc(C)n2c3c(nc2c1)CC(C)c1ccccc1-3. The van der Waals surface area contributed by atoms with Crippen LogP contribution in [0, 0.1) is 13.8 Å².